The van der Waals surface area contributed by atoms with Gasteiger partial charge in [-0.25, -0.2) is 4.79 Å². The Morgan fingerprint density at radius 3 is 2.38 bits per heavy atom. The Morgan fingerprint density at radius 1 is 1.14 bits per heavy atom. The summed E-state index contributed by atoms with van der Waals surface area (Å²) in [6.07, 6.45) is 1.44. The summed E-state index contributed by atoms with van der Waals surface area (Å²) in [6, 6.07) is 11.5. The van der Waals surface area contributed by atoms with Crippen LogP contribution in [0.15, 0.2) is 42.6 Å². The third-order valence-electron chi connectivity index (χ3n) is 2.68. The lowest BCUT2D eigenvalue weighted by molar-refractivity contribution is 0.0636. The highest BCUT2D eigenvalue weighted by Crippen LogP contribution is 2.16. The first-order valence-electron chi connectivity index (χ1n) is 6.88. The summed E-state index contributed by atoms with van der Waals surface area (Å²) in [7, 11) is 0. The summed E-state index contributed by atoms with van der Waals surface area (Å²) in [4.78, 5) is 14.8. The molecule has 5 nitrogen and oxygen atoms in total. The molecule has 2 rings (SSSR count). The van der Waals surface area contributed by atoms with Crippen LogP contribution in [0.3, 0.4) is 0 Å². The van der Waals surface area contributed by atoms with E-state index in [4.69, 9.17) is 4.74 Å². The quantitative estimate of drug-likeness (QED) is 0.797. The normalized spacial score (nSPS) is 11.0. The first-order chi connectivity index (χ1) is 9.92. The Balaban J connectivity index is 1.85. The van der Waals surface area contributed by atoms with Crippen molar-refractivity contribution in [3.05, 3.63) is 48.3 Å². The van der Waals surface area contributed by atoms with Crippen molar-refractivity contribution in [2.24, 2.45) is 0 Å². The summed E-state index contributed by atoms with van der Waals surface area (Å²) < 4.78 is 5.20. The molecule has 1 aromatic carbocycles. The maximum absolute atomic E-state index is 11.6. The van der Waals surface area contributed by atoms with Gasteiger partial charge in [-0.1, -0.05) is 0 Å². The zero-order valence-corrected chi connectivity index (χ0v) is 12.6. The lowest BCUT2D eigenvalue weighted by Gasteiger charge is -2.19. The minimum Gasteiger partial charge on any atom is -0.444 e. The first kappa shape index (κ1) is 15.0. The van der Waals surface area contributed by atoms with E-state index in [2.05, 4.69) is 15.6 Å². The predicted octanol–water partition coefficient (Wildman–Crippen LogP) is 3.97. The van der Waals surface area contributed by atoms with Gasteiger partial charge in [0.1, 0.15) is 5.60 Å². The Labute approximate surface area is 124 Å². The molecular weight excluding hydrogens is 266 g/mol. The number of nitrogens with one attached hydrogen (secondary N) is 3. The van der Waals surface area contributed by atoms with E-state index in [0.717, 1.165) is 17.9 Å². The van der Waals surface area contributed by atoms with Gasteiger partial charge in [-0.3, -0.25) is 5.32 Å². The second-order valence-electron chi connectivity index (χ2n) is 5.75. The second kappa shape index (κ2) is 6.35. The van der Waals surface area contributed by atoms with Crippen LogP contribution in [0.25, 0.3) is 0 Å². The highest BCUT2D eigenvalue weighted by Gasteiger charge is 2.15. The van der Waals surface area contributed by atoms with Crippen molar-refractivity contribution >= 4 is 17.5 Å². The van der Waals surface area contributed by atoms with E-state index in [1.54, 1.807) is 0 Å². The van der Waals surface area contributed by atoms with E-state index in [9.17, 15) is 4.79 Å². The minimum atomic E-state index is -0.498. The fourth-order valence-electron chi connectivity index (χ4n) is 1.77. The number of aromatic nitrogens is 1. The van der Waals surface area contributed by atoms with Crippen LogP contribution in [-0.4, -0.2) is 16.7 Å². The largest absolute Gasteiger partial charge is 0.444 e. The molecule has 0 unspecified atom stereocenters. The summed E-state index contributed by atoms with van der Waals surface area (Å²) in [5.74, 6) is 0. The lowest BCUT2D eigenvalue weighted by Crippen LogP contribution is -2.27. The number of carbonyl (C=O) groups excluding carboxylic acids is 1. The van der Waals surface area contributed by atoms with Gasteiger partial charge in [-0.2, -0.15) is 0 Å². The Morgan fingerprint density at radius 2 is 1.81 bits per heavy atom. The van der Waals surface area contributed by atoms with Gasteiger partial charge >= 0.3 is 6.09 Å². The van der Waals surface area contributed by atoms with Crippen LogP contribution < -0.4 is 10.6 Å². The Kier molecular flexibility index (Phi) is 4.52. The molecule has 0 atom stereocenters. The van der Waals surface area contributed by atoms with Crippen LogP contribution >= 0.6 is 0 Å². The van der Waals surface area contributed by atoms with Crippen molar-refractivity contribution in [1.29, 1.82) is 0 Å². The molecule has 0 bridgehead atoms. The number of H-pyrrole nitrogens is 1. The summed E-state index contributed by atoms with van der Waals surface area (Å²) in [5.41, 5.74) is 2.31. The van der Waals surface area contributed by atoms with Crippen LogP contribution in [0.2, 0.25) is 0 Å². The second-order valence-corrected chi connectivity index (χ2v) is 5.75. The van der Waals surface area contributed by atoms with Crippen LogP contribution in [0, 0.1) is 0 Å². The summed E-state index contributed by atoms with van der Waals surface area (Å²) in [6.45, 7) is 6.23. The molecule has 112 valence electrons. The Bertz CT molecular complexity index is 569. The molecule has 1 heterocycles. The molecule has 0 aliphatic heterocycles. The number of aromatic amines is 1. The van der Waals surface area contributed by atoms with Crippen LogP contribution in [-0.2, 0) is 11.3 Å². The number of amides is 1. The lowest BCUT2D eigenvalue weighted by atomic mass is 10.2. The van der Waals surface area contributed by atoms with Crippen molar-refractivity contribution in [2.75, 3.05) is 10.6 Å². The third-order valence-corrected chi connectivity index (χ3v) is 2.68. The number of hydrogen-bond acceptors (Lipinski definition) is 3. The number of benzene rings is 1. The average Bonchev–Trinajstić information content (AvgIpc) is 2.89. The topological polar surface area (TPSA) is 66.2 Å². The van der Waals surface area contributed by atoms with Gasteiger partial charge in [0.25, 0.3) is 0 Å². The van der Waals surface area contributed by atoms with Crippen LogP contribution in [0.1, 0.15) is 26.5 Å². The molecule has 0 aliphatic rings. The molecule has 0 fully saturated rings. The number of anilines is 2. The molecule has 21 heavy (non-hydrogen) atoms. The summed E-state index contributed by atoms with van der Waals surface area (Å²) in [5, 5.41) is 5.99. The van der Waals surface area contributed by atoms with Gasteiger partial charge in [0.05, 0.1) is 6.54 Å². The van der Waals surface area contributed by atoms with Gasteiger partial charge in [0.2, 0.25) is 0 Å². The van der Waals surface area contributed by atoms with E-state index in [-0.39, 0.29) is 0 Å². The minimum absolute atomic E-state index is 0.449. The number of ether oxygens (including phenoxy) is 1. The average molecular weight is 287 g/mol. The smallest absolute Gasteiger partial charge is 0.412 e. The molecule has 2 aromatic rings. The molecule has 0 radical (unpaired) electrons. The first-order valence-corrected chi connectivity index (χ1v) is 6.88. The maximum Gasteiger partial charge on any atom is 0.412 e. The molecule has 0 saturated heterocycles. The zero-order chi connectivity index (χ0) is 15.3. The molecule has 1 amide bonds. The van der Waals surface area contributed by atoms with E-state index in [1.807, 2.05) is 63.4 Å². The van der Waals surface area contributed by atoms with Crippen molar-refractivity contribution in [3.8, 4) is 0 Å². The number of carbonyl (C=O) groups is 1. The Hall–Kier alpha value is -2.43. The van der Waals surface area contributed by atoms with E-state index >= 15 is 0 Å². The standard InChI is InChI=1S/C16H21N3O2/c1-16(2,3)21-15(20)19-13-8-6-12(7-9-13)18-11-14-5-4-10-17-14/h4-10,17-18H,11H2,1-3H3,(H,19,20). The molecule has 0 spiro atoms. The highest BCUT2D eigenvalue weighted by atomic mass is 16.6. The molecular formula is C16H21N3O2. The molecule has 0 aliphatic carbocycles. The predicted molar refractivity (Wildman–Crippen MR) is 84.4 cm³/mol. The van der Waals surface area contributed by atoms with Gasteiger partial charge in [0, 0.05) is 23.3 Å². The monoisotopic (exact) mass is 287 g/mol. The third kappa shape index (κ3) is 5.22. The van der Waals surface area contributed by atoms with Crippen molar-refractivity contribution < 1.29 is 9.53 Å². The number of rotatable bonds is 4. The zero-order valence-electron chi connectivity index (χ0n) is 12.6. The number of hydrogen-bond donors (Lipinski definition) is 3. The maximum atomic E-state index is 11.6. The van der Waals surface area contributed by atoms with Crippen LogP contribution in [0.4, 0.5) is 16.2 Å². The van der Waals surface area contributed by atoms with Gasteiger partial charge in [0.15, 0.2) is 0 Å². The van der Waals surface area contributed by atoms with E-state index in [0.29, 0.717) is 5.69 Å². The molecule has 5 heteroatoms. The highest BCUT2D eigenvalue weighted by molar-refractivity contribution is 5.85. The SMILES string of the molecule is CC(C)(C)OC(=O)Nc1ccc(NCc2ccc[nH]2)cc1. The van der Waals surface area contributed by atoms with Crippen molar-refractivity contribution in [2.45, 2.75) is 32.9 Å². The van der Waals surface area contributed by atoms with Crippen molar-refractivity contribution in [1.82, 2.24) is 4.98 Å². The fraction of sp³-hybridized carbons (Fsp3) is 0.312. The van der Waals surface area contributed by atoms with E-state index < -0.39 is 11.7 Å². The van der Waals surface area contributed by atoms with Gasteiger partial charge < -0.3 is 15.0 Å². The molecule has 0 saturated carbocycles. The summed E-state index contributed by atoms with van der Waals surface area (Å²) >= 11 is 0. The fourth-order valence-corrected chi connectivity index (χ4v) is 1.77. The van der Waals surface area contributed by atoms with Gasteiger partial charge in [-0.05, 0) is 57.2 Å². The molecule has 1 aromatic heterocycles. The molecule has 3 N–H and O–H groups in total. The van der Waals surface area contributed by atoms with E-state index in [1.165, 1.54) is 0 Å². The van der Waals surface area contributed by atoms with Crippen molar-refractivity contribution in [3.63, 3.8) is 0 Å². The van der Waals surface area contributed by atoms with Crippen LogP contribution in [0.5, 0.6) is 0 Å². The van der Waals surface area contributed by atoms with Gasteiger partial charge in [-0.15, -0.1) is 0 Å².